The van der Waals surface area contributed by atoms with Gasteiger partial charge in [0.25, 0.3) is 0 Å². The number of methoxy groups -OCH3 is 1. The van der Waals surface area contributed by atoms with Gasteiger partial charge in [0, 0.05) is 27.2 Å². The van der Waals surface area contributed by atoms with Gasteiger partial charge in [-0.15, -0.1) is 0 Å². The minimum Gasteiger partial charge on any atom is -0.384 e. The topological polar surface area (TPSA) is 79.0 Å². The summed E-state index contributed by atoms with van der Waals surface area (Å²) in [6.45, 7) is 2.77. The first-order valence-corrected chi connectivity index (χ1v) is 6.94. The van der Waals surface area contributed by atoms with Crippen molar-refractivity contribution < 1.29 is 4.74 Å². The van der Waals surface area contributed by atoms with Crippen LogP contribution in [-0.2, 0) is 4.74 Å². The zero-order chi connectivity index (χ0) is 13.9. The van der Waals surface area contributed by atoms with E-state index in [1.807, 2.05) is 7.05 Å². The van der Waals surface area contributed by atoms with Crippen molar-refractivity contribution in [2.24, 2.45) is 5.92 Å². The monoisotopic (exact) mass is 276 g/mol. The molecule has 3 rings (SSSR count). The van der Waals surface area contributed by atoms with Gasteiger partial charge in [0.1, 0.15) is 5.52 Å². The van der Waals surface area contributed by atoms with E-state index in [1.165, 1.54) is 6.42 Å². The molecule has 2 aromatic rings. The summed E-state index contributed by atoms with van der Waals surface area (Å²) in [5.74, 6) is 2.09. The van der Waals surface area contributed by atoms with E-state index in [0.717, 1.165) is 37.5 Å². The molecule has 1 atom stereocenters. The first-order chi connectivity index (χ1) is 9.81. The van der Waals surface area contributed by atoms with Crippen LogP contribution in [0.4, 0.5) is 11.8 Å². The van der Waals surface area contributed by atoms with Crippen LogP contribution in [0.5, 0.6) is 0 Å². The Bertz CT molecular complexity index is 581. The standard InChI is InChI=1S/C13H20N6O/c1-14-13-17-11-10(15-8-16-11)12(18-13)19-5-3-4-9(6-19)7-20-2/h8-9H,3-7H2,1-2H3,(H2,14,15,16,17,18). The molecule has 2 aromatic heterocycles. The van der Waals surface area contributed by atoms with E-state index in [-0.39, 0.29) is 0 Å². The average Bonchev–Trinajstić information content (AvgIpc) is 2.95. The van der Waals surface area contributed by atoms with Crippen LogP contribution in [0.25, 0.3) is 11.2 Å². The second-order valence-electron chi connectivity index (χ2n) is 5.13. The smallest absolute Gasteiger partial charge is 0.226 e. The summed E-state index contributed by atoms with van der Waals surface area (Å²) in [6.07, 6.45) is 4.03. The summed E-state index contributed by atoms with van der Waals surface area (Å²) >= 11 is 0. The molecule has 0 aliphatic carbocycles. The number of hydrogen-bond donors (Lipinski definition) is 2. The van der Waals surface area contributed by atoms with Crippen molar-refractivity contribution in [1.29, 1.82) is 0 Å². The number of nitrogens with one attached hydrogen (secondary N) is 2. The van der Waals surface area contributed by atoms with E-state index < -0.39 is 0 Å². The molecule has 0 bridgehead atoms. The molecule has 3 heterocycles. The normalized spacial score (nSPS) is 19.5. The van der Waals surface area contributed by atoms with Gasteiger partial charge in [-0.05, 0) is 18.8 Å². The lowest BCUT2D eigenvalue weighted by Gasteiger charge is -2.33. The number of piperidine rings is 1. The molecule has 2 N–H and O–H groups in total. The molecule has 7 nitrogen and oxygen atoms in total. The van der Waals surface area contributed by atoms with E-state index in [2.05, 4.69) is 30.2 Å². The summed E-state index contributed by atoms with van der Waals surface area (Å²) in [4.78, 5) is 18.6. The third-order valence-electron chi connectivity index (χ3n) is 3.71. The van der Waals surface area contributed by atoms with Crippen LogP contribution >= 0.6 is 0 Å². The van der Waals surface area contributed by atoms with Gasteiger partial charge in [-0.3, -0.25) is 0 Å². The lowest BCUT2D eigenvalue weighted by molar-refractivity contribution is 0.143. The summed E-state index contributed by atoms with van der Waals surface area (Å²) in [5, 5.41) is 3.00. The van der Waals surface area contributed by atoms with Crippen LogP contribution in [0, 0.1) is 5.92 Å². The molecule has 20 heavy (non-hydrogen) atoms. The Hall–Kier alpha value is -1.89. The fraction of sp³-hybridized carbons (Fsp3) is 0.615. The molecular formula is C13H20N6O. The fourth-order valence-corrected chi connectivity index (χ4v) is 2.79. The molecule has 7 heteroatoms. The SMILES string of the molecule is CNc1nc(N2CCCC(COC)C2)c2[nH]cnc2n1. The van der Waals surface area contributed by atoms with Gasteiger partial charge in [0.05, 0.1) is 12.9 Å². The minimum atomic E-state index is 0.555. The number of hydrogen-bond acceptors (Lipinski definition) is 6. The molecule has 0 spiro atoms. The Morgan fingerprint density at radius 2 is 2.40 bits per heavy atom. The van der Waals surface area contributed by atoms with E-state index in [9.17, 15) is 0 Å². The van der Waals surface area contributed by atoms with Gasteiger partial charge >= 0.3 is 0 Å². The molecular weight excluding hydrogens is 256 g/mol. The lowest BCUT2D eigenvalue weighted by Crippen LogP contribution is -2.37. The molecule has 1 aliphatic rings. The van der Waals surface area contributed by atoms with Crippen LogP contribution in [-0.4, -0.2) is 53.8 Å². The van der Waals surface area contributed by atoms with Crippen LogP contribution in [0.2, 0.25) is 0 Å². The summed E-state index contributed by atoms with van der Waals surface area (Å²) in [5.41, 5.74) is 1.61. The van der Waals surface area contributed by atoms with Gasteiger partial charge in [-0.2, -0.15) is 9.97 Å². The first-order valence-electron chi connectivity index (χ1n) is 6.94. The van der Waals surface area contributed by atoms with Gasteiger partial charge < -0.3 is 19.9 Å². The zero-order valence-electron chi connectivity index (χ0n) is 11.9. The van der Waals surface area contributed by atoms with Crippen molar-refractivity contribution in [2.75, 3.05) is 44.1 Å². The number of anilines is 2. The summed E-state index contributed by atoms with van der Waals surface area (Å²) in [7, 11) is 3.58. The largest absolute Gasteiger partial charge is 0.384 e. The highest BCUT2D eigenvalue weighted by molar-refractivity contribution is 5.84. The fourth-order valence-electron chi connectivity index (χ4n) is 2.79. The molecule has 1 saturated heterocycles. The summed E-state index contributed by atoms with van der Waals surface area (Å²) < 4.78 is 5.29. The van der Waals surface area contributed by atoms with Crippen LogP contribution in [0.1, 0.15) is 12.8 Å². The number of rotatable bonds is 4. The van der Waals surface area contributed by atoms with Crippen molar-refractivity contribution in [3.8, 4) is 0 Å². The third-order valence-corrected chi connectivity index (χ3v) is 3.71. The second kappa shape index (κ2) is 5.62. The quantitative estimate of drug-likeness (QED) is 0.875. The number of fused-ring (bicyclic) bond motifs is 1. The van der Waals surface area contributed by atoms with Crippen molar-refractivity contribution in [3.63, 3.8) is 0 Å². The van der Waals surface area contributed by atoms with Crippen LogP contribution in [0.3, 0.4) is 0 Å². The Morgan fingerprint density at radius 3 is 3.20 bits per heavy atom. The molecule has 0 radical (unpaired) electrons. The Balaban J connectivity index is 1.93. The van der Waals surface area contributed by atoms with Crippen molar-refractivity contribution in [3.05, 3.63) is 6.33 Å². The molecule has 1 aliphatic heterocycles. The van der Waals surface area contributed by atoms with Gasteiger partial charge in [-0.1, -0.05) is 0 Å². The molecule has 1 fully saturated rings. The lowest BCUT2D eigenvalue weighted by atomic mass is 9.99. The van der Waals surface area contributed by atoms with Crippen molar-refractivity contribution in [1.82, 2.24) is 19.9 Å². The molecule has 108 valence electrons. The van der Waals surface area contributed by atoms with Crippen molar-refractivity contribution >= 4 is 22.9 Å². The molecule has 0 amide bonds. The van der Waals surface area contributed by atoms with Crippen molar-refractivity contribution in [2.45, 2.75) is 12.8 Å². The highest BCUT2D eigenvalue weighted by Gasteiger charge is 2.23. The zero-order valence-corrected chi connectivity index (χ0v) is 11.9. The van der Waals surface area contributed by atoms with E-state index >= 15 is 0 Å². The number of aromatic nitrogens is 4. The number of ether oxygens (including phenoxy) is 1. The Kier molecular flexibility index (Phi) is 3.68. The van der Waals surface area contributed by atoms with Gasteiger partial charge in [-0.25, -0.2) is 4.98 Å². The van der Waals surface area contributed by atoms with E-state index in [4.69, 9.17) is 4.74 Å². The molecule has 0 saturated carbocycles. The maximum Gasteiger partial charge on any atom is 0.226 e. The maximum absolute atomic E-state index is 5.29. The average molecular weight is 276 g/mol. The second-order valence-corrected chi connectivity index (χ2v) is 5.13. The number of nitrogens with zero attached hydrogens (tertiary/aromatic N) is 4. The van der Waals surface area contributed by atoms with Crippen LogP contribution in [0.15, 0.2) is 6.33 Å². The van der Waals surface area contributed by atoms with Gasteiger partial charge in [0.2, 0.25) is 5.95 Å². The predicted molar refractivity (Wildman–Crippen MR) is 78.0 cm³/mol. The van der Waals surface area contributed by atoms with E-state index in [1.54, 1.807) is 13.4 Å². The first kappa shape index (κ1) is 13.1. The minimum absolute atomic E-state index is 0.555. The Morgan fingerprint density at radius 1 is 1.50 bits per heavy atom. The molecule has 0 aromatic carbocycles. The van der Waals surface area contributed by atoms with Crippen LogP contribution < -0.4 is 10.2 Å². The molecule has 1 unspecified atom stereocenters. The van der Waals surface area contributed by atoms with E-state index in [0.29, 0.717) is 17.5 Å². The maximum atomic E-state index is 5.29. The number of aromatic amines is 1. The third kappa shape index (κ3) is 2.40. The highest BCUT2D eigenvalue weighted by Crippen LogP contribution is 2.27. The number of imidazole rings is 1. The Labute approximate surface area is 117 Å². The predicted octanol–water partition coefficient (Wildman–Crippen LogP) is 1.26. The highest BCUT2D eigenvalue weighted by atomic mass is 16.5. The number of H-pyrrole nitrogens is 1. The summed E-state index contributed by atoms with van der Waals surface area (Å²) in [6, 6.07) is 0. The van der Waals surface area contributed by atoms with Gasteiger partial charge in [0.15, 0.2) is 11.5 Å².